The van der Waals surface area contributed by atoms with E-state index in [0.29, 0.717) is 27.2 Å². The van der Waals surface area contributed by atoms with Gasteiger partial charge < -0.3 is 10.2 Å². The molecule has 2 amide bonds. The van der Waals surface area contributed by atoms with Gasteiger partial charge in [0.15, 0.2) is 0 Å². The van der Waals surface area contributed by atoms with Crippen LogP contribution in [-0.4, -0.2) is 34.6 Å². The van der Waals surface area contributed by atoms with Gasteiger partial charge in [0.25, 0.3) is 0 Å². The molecule has 3 aromatic carbocycles. The van der Waals surface area contributed by atoms with Crippen LogP contribution in [-0.2, 0) is 28.3 Å². The lowest BCUT2D eigenvalue weighted by Crippen LogP contribution is -2.52. The molecular weight excluding hydrogens is 535 g/mol. The highest BCUT2D eigenvalue weighted by molar-refractivity contribution is 7.99. The predicted molar refractivity (Wildman–Crippen MR) is 152 cm³/mol. The third kappa shape index (κ3) is 8.45. The summed E-state index contributed by atoms with van der Waals surface area (Å²) in [5.41, 5.74) is 2.73. The van der Waals surface area contributed by atoms with Crippen molar-refractivity contribution in [2.75, 3.05) is 5.75 Å². The first-order chi connectivity index (χ1) is 17.2. The van der Waals surface area contributed by atoms with Crippen LogP contribution in [0.4, 0.5) is 0 Å². The second-order valence-corrected chi connectivity index (χ2v) is 10.9. The van der Waals surface area contributed by atoms with Gasteiger partial charge in [-0.05, 0) is 48.7 Å². The number of carbonyl (C=O) groups excluding carboxylic acids is 2. The van der Waals surface area contributed by atoms with Crippen molar-refractivity contribution in [3.63, 3.8) is 0 Å². The van der Waals surface area contributed by atoms with Crippen molar-refractivity contribution in [1.29, 1.82) is 0 Å². The normalized spacial score (nSPS) is 11.8. The maximum atomic E-state index is 13.6. The lowest BCUT2D eigenvalue weighted by atomic mass is 10.0. The van der Waals surface area contributed by atoms with Gasteiger partial charge in [-0.25, -0.2) is 0 Å². The first-order valence-corrected chi connectivity index (χ1v) is 13.9. The molecule has 0 aliphatic carbocycles. The Morgan fingerprint density at radius 3 is 2.22 bits per heavy atom. The van der Waals surface area contributed by atoms with E-state index >= 15 is 0 Å². The molecule has 0 aliphatic rings. The van der Waals surface area contributed by atoms with E-state index in [1.807, 2.05) is 68.4 Å². The molecule has 3 aromatic rings. The first kappa shape index (κ1) is 28.4. The van der Waals surface area contributed by atoms with E-state index in [1.54, 1.807) is 23.1 Å². The monoisotopic (exact) mass is 562 g/mol. The SMILES string of the molecule is CC(C)NC(=O)[C@@H](Cc1ccccc1)N(Cc1ccccc1Cl)C(=O)CSCc1ccc(Cl)c(Cl)c1. The minimum Gasteiger partial charge on any atom is -0.352 e. The average Bonchev–Trinajstić information content (AvgIpc) is 2.84. The summed E-state index contributed by atoms with van der Waals surface area (Å²) in [4.78, 5) is 28.6. The molecule has 0 bridgehead atoms. The molecule has 0 heterocycles. The minimum absolute atomic E-state index is 0.0583. The highest BCUT2D eigenvalue weighted by atomic mass is 35.5. The van der Waals surface area contributed by atoms with Crippen LogP contribution in [0.5, 0.6) is 0 Å². The van der Waals surface area contributed by atoms with E-state index in [0.717, 1.165) is 16.7 Å². The van der Waals surface area contributed by atoms with Crippen molar-refractivity contribution in [2.24, 2.45) is 0 Å². The lowest BCUT2D eigenvalue weighted by molar-refractivity contribution is -0.139. The van der Waals surface area contributed by atoms with Crippen molar-refractivity contribution in [1.82, 2.24) is 10.2 Å². The first-order valence-electron chi connectivity index (χ1n) is 11.6. The zero-order chi connectivity index (χ0) is 26.1. The Hall–Kier alpha value is -2.18. The van der Waals surface area contributed by atoms with Gasteiger partial charge in [-0.2, -0.15) is 0 Å². The zero-order valence-electron chi connectivity index (χ0n) is 20.2. The molecular formula is C28H29Cl3N2O2S. The number of rotatable bonds is 11. The number of amides is 2. The molecule has 1 atom stereocenters. The molecule has 0 saturated carbocycles. The van der Waals surface area contributed by atoms with Crippen LogP contribution in [0, 0.1) is 0 Å². The third-order valence-corrected chi connectivity index (χ3v) is 7.58. The predicted octanol–water partition coefficient (Wildman–Crippen LogP) is 7.04. The second-order valence-electron chi connectivity index (χ2n) is 8.72. The van der Waals surface area contributed by atoms with Crippen LogP contribution < -0.4 is 5.32 Å². The Bertz CT molecular complexity index is 1170. The summed E-state index contributed by atoms with van der Waals surface area (Å²) in [7, 11) is 0. The summed E-state index contributed by atoms with van der Waals surface area (Å²) < 4.78 is 0. The highest BCUT2D eigenvalue weighted by Crippen LogP contribution is 2.26. The molecule has 0 radical (unpaired) electrons. The molecule has 0 saturated heterocycles. The number of carbonyl (C=O) groups is 2. The van der Waals surface area contributed by atoms with E-state index in [9.17, 15) is 9.59 Å². The van der Waals surface area contributed by atoms with Crippen LogP contribution in [0.2, 0.25) is 15.1 Å². The molecule has 1 N–H and O–H groups in total. The molecule has 8 heteroatoms. The molecule has 36 heavy (non-hydrogen) atoms. The number of hydrogen-bond acceptors (Lipinski definition) is 3. The Morgan fingerprint density at radius 1 is 0.861 bits per heavy atom. The largest absolute Gasteiger partial charge is 0.352 e. The second kappa shape index (κ2) is 13.9. The molecule has 0 fully saturated rings. The summed E-state index contributed by atoms with van der Waals surface area (Å²) in [6.07, 6.45) is 0.396. The standard InChI is InChI=1S/C28H29Cl3N2O2S/c1-19(2)32-28(35)26(15-20-8-4-3-5-9-20)33(16-22-10-6-7-11-23(22)29)27(34)18-36-17-21-12-13-24(30)25(31)14-21/h3-14,19,26H,15-18H2,1-2H3,(H,32,35)/t26-/m1/s1. The van der Waals surface area contributed by atoms with E-state index in [-0.39, 0.29) is 30.2 Å². The minimum atomic E-state index is -0.691. The van der Waals surface area contributed by atoms with Crippen molar-refractivity contribution in [3.05, 3.63) is 105 Å². The molecule has 0 aromatic heterocycles. The number of benzene rings is 3. The Kier molecular flexibility index (Phi) is 11.0. The molecule has 3 rings (SSSR count). The van der Waals surface area contributed by atoms with Crippen LogP contribution in [0.25, 0.3) is 0 Å². The van der Waals surface area contributed by atoms with Gasteiger partial charge in [0.05, 0.1) is 15.8 Å². The fraction of sp³-hybridized carbons (Fsp3) is 0.286. The highest BCUT2D eigenvalue weighted by Gasteiger charge is 2.31. The maximum Gasteiger partial charge on any atom is 0.243 e. The number of nitrogens with zero attached hydrogens (tertiary/aromatic N) is 1. The molecule has 190 valence electrons. The fourth-order valence-electron chi connectivity index (χ4n) is 3.71. The molecule has 4 nitrogen and oxygen atoms in total. The smallest absolute Gasteiger partial charge is 0.243 e. The van der Waals surface area contributed by atoms with E-state index in [4.69, 9.17) is 34.8 Å². The summed E-state index contributed by atoms with van der Waals surface area (Å²) in [5.74, 6) is 0.457. The van der Waals surface area contributed by atoms with E-state index in [2.05, 4.69) is 5.32 Å². The summed E-state index contributed by atoms with van der Waals surface area (Å²) in [5, 5.41) is 4.52. The Labute approximate surface area is 232 Å². The van der Waals surface area contributed by atoms with Crippen molar-refractivity contribution in [3.8, 4) is 0 Å². The number of hydrogen-bond donors (Lipinski definition) is 1. The van der Waals surface area contributed by atoms with E-state index < -0.39 is 6.04 Å². The van der Waals surface area contributed by atoms with Crippen LogP contribution in [0.3, 0.4) is 0 Å². The van der Waals surface area contributed by atoms with Crippen molar-refractivity contribution >= 4 is 58.4 Å². The lowest BCUT2D eigenvalue weighted by Gasteiger charge is -2.32. The van der Waals surface area contributed by atoms with Crippen LogP contribution in [0.15, 0.2) is 72.8 Å². The van der Waals surface area contributed by atoms with Gasteiger partial charge in [-0.3, -0.25) is 9.59 Å². The fourth-order valence-corrected chi connectivity index (χ4v) is 5.09. The number of thioether (sulfide) groups is 1. The van der Waals surface area contributed by atoms with Gasteiger partial charge in [0.2, 0.25) is 11.8 Å². The summed E-state index contributed by atoms with van der Waals surface area (Å²) in [6.45, 7) is 4.05. The topological polar surface area (TPSA) is 49.4 Å². The van der Waals surface area contributed by atoms with Crippen molar-refractivity contribution in [2.45, 2.75) is 44.6 Å². The Morgan fingerprint density at radius 2 is 1.56 bits per heavy atom. The summed E-state index contributed by atoms with van der Waals surface area (Å²) in [6, 6.07) is 21.8. The molecule has 0 aliphatic heterocycles. The summed E-state index contributed by atoms with van der Waals surface area (Å²) >= 11 is 20.1. The van der Waals surface area contributed by atoms with Crippen LogP contribution in [0.1, 0.15) is 30.5 Å². The van der Waals surface area contributed by atoms with Gasteiger partial charge in [-0.1, -0.05) is 89.4 Å². The number of halogens is 3. The van der Waals surface area contributed by atoms with Gasteiger partial charge >= 0.3 is 0 Å². The van der Waals surface area contributed by atoms with Gasteiger partial charge in [0.1, 0.15) is 6.04 Å². The molecule has 0 unspecified atom stereocenters. The third-order valence-electron chi connectivity index (χ3n) is 5.48. The van der Waals surface area contributed by atoms with Gasteiger partial charge in [0, 0.05) is 29.8 Å². The van der Waals surface area contributed by atoms with E-state index in [1.165, 1.54) is 11.8 Å². The zero-order valence-corrected chi connectivity index (χ0v) is 23.3. The van der Waals surface area contributed by atoms with Crippen molar-refractivity contribution < 1.29 is 9.59 Å². The quantitative estimate of drug-likeness (QED) is 0.272. The Balaban J connectivity index is 1.85. The number of nitrogens with one attached hydrogen (secondary N) is 1. The van der Waals surface area contributed by atoms with Crippen LogP contribution >= 0.6 is 46.6 Å². The maximum absolute atomic E-state index is 13.6. The molecule has 0 spiro atoms. The van der Waals surface area contributed by atoms with Gasteiger partial charge in [-0.15, -0.1) is 11.8 Å². The average molecular weight is 564 g/mol.